The smallest absolute Gasteiger partial charge is 0.306 e. The molecule has 1 unspecified atom stereocenters. The van der Waals surface area contributed by atoms with Gasteiger partial charge in [0.25, 0.3) is 0 Å². The lowest BCUT2D eigenvalue weighted by atomic mass is 10.0. The average Bonchev–Trinajstić information content (AvgIpc) is 3.47. The minimum atomic E-state index is -0.776. The van der Waals surface area contributed by atoms with E-state index in [-0.39, 0.29) is 31.1 Å². The maximum absolute atomic E-state index is 13.0. The van der Waals surface area contributed by atoms with Crippen molar-refractivity contribution in [2.75, 3.05) is 13.2 Å². The Labute approximate surface area is 505 Å². The van der Waals surface area contributed by atoms with E-state index in [1.807, 2.05) is 0 Å². The molecule has 0 rings (SSSR count). The van der Waals surface area contributed by atoms with Crippen molar-refractivity contribution in [2.45, 2.75) is 399 Å². The molecule has 0 amide bonds. The predicted octanol–water partition coefficient (Wildman–Crippen LogP) is 24.9. The Morgan fingerprint density at radius 3 is 0.753 bits per heavy atom. The van der Waals surface area contributed by atoms with Gasteiger partial charge in [-0.2, -0.15) is 0 Å². The van der Waals surface area contributed by atoms with Gasteiger partial charge in [0.05, 0.1) is 0 Å². The number of rotatable bonds is 67. The van der Waals surface area contributed by atoms with Gasteiger partial charge in [0.2, 0.25) is 0 Å². The zero-order valence-electron chi connectivity index (χ0n) is 54.6. The second kappa shape index (κ2) is 69.9. The van der Waals surface area contributed by atoms with Crippen molar-refractivity contribution >= 4 is 17.9 Å². The number of esters is 3. The van der Waals surface area contributed by atoms with Gasteiger partial charge < -0.3 is 14.2 Å². The first kappa shape index (κ1) is 78.4. The monoisotopic (exact) mass is 1140 g/mol. The first-order valence-corrected chi connectivity index (χ1v) is 36.1. The van der Waals surface area contributed by atoms with Gasteiger partial charge in [-0.15, -0.1) is 0 Å². The first-order chi connectivity index (χ1) is 40.0. The molecule has 0 aliphatic rings. The highest BCUT2D eigenvalue weighted by molar-refractivity contribution is 5.71. The molecular formula is C75H138O6. The van der Waals surface area contributed by atoms with E-state index >= 15 is 0 Å². The van der Waals surface area contributed by atoms with Crippen LogP contribution in [-0.4, -0.2) is 37.2 Å². The highest BCUT2D eigenvalue weighted by atomic mass is 16.6. The lowest BCUT2D eigenvalue weighted by molar-refractivity contribution is -0.167. The number of carbonyl (C=O) groups excluding carboxylic acids is 3. The van der Waals surface area contributed by atoms with Gasteiger partial charge in [-0.3, -0.25) is 14.4 Å². The molecule has 0 aliphatic carbocycles. The number of carbonyl (C=O) groups is 3. The van der Waals surface area contributed by atoms with Crippen LogP contribution in [0.1, 0.15) is 393 Å². The minimum absolute atomic E-state index is 0.0707. The molecule has 0 saturated carbocycles. The van der Waals surface area contributed by atoms with Gasteiger partial charge in [-0.1, -0.05) is 365 Å². The van der Waals surface area contributed by atoms with Crippen LogP contribution >= 0.6 is 0 Å². The number of hydrogen-bond acceptors (Lipinski definition) is 6. The Balaban J connectivity index is 4.32. The summed E-state index contributed by atoms with van der Waals surface area (Å²) < 4.78 is 17.0. The van der Waals surface area contributed by atoms with Gasteiger partial charge >= 0.3 is 17.9 Å². The Morgan fingerprint density at radius 1 is 0.259 bits per heavy atom. The van der Waals surface area contributed by atoms with E-state index in [9.17, 15) is 14.4 Å². The topological polar surface area (TPSA) is 78.9 Å². The van der Waals surface area contributed by atoms with Crippen molar-refractivity contribution in [3.63, 3.8) is 0 Å². The lowest BCUT2D eigenvalue weighted by Crippen LogP contribution is -2.30. The van der Waals surface area contributed by atoms with Crippen LogP contribution in [-0.2, 0) is 28.6 Å². The van der Waals surface area contributed by atoms with Gasteiger partial charge in [0.15, 0.2) is 6.10 Å². The minimum Gasteiger partial charge on any atom is -0.462 e. The Hall–Kier alpha value is -2.63. The second-order valence-electron chi connectivity index (χ2n) is 24.5. The molecule has 0 spiro atoms. The summed E-state index contributed by atoms with van der Waals surface area (Å²) in [7, 11) is 0. The van der Waals surface area contributed by atoms with Crippen LogP contribution in [0.2, 0.25) is 0 Å². The third-order valence-electron chi connectivity index (χ3n) is 16.3. The molecule has 0 bridgehead atoms. The van der Waals surface area contributed by atoms with Crippen LogP contribution in [0.25, 0.3) is 0 Å². The third-order valence-corrected chi connectivity index (χ3v) is 16.3. The van der Waals surface area contributed by atoms with Gasteiger partial charge in [0.1, 0.15) is 13.2 Å². The van der Waals surface area contributed by atoms with Crippen molar-refractivity contribution in [1.29, 1.82) is 0 Å². The van der Waals surface area contributed by atoms with Crippen molar-refractivity contribution in [3.8, 4) is 0 Å². The Morgan fingerprint density at radius 2 is 0.481 bits per heavy atom. The van der Waals surface area contributed by atoms with E-state index in [2.05, 4.69) is 69.4 Å². The average molecular weight is 1140 g/mol. The summed E-state index contributed by atoms with van der Waals surface area (Å²) in [5.74, 6) is -0.847. The molecule has 0 heterocycles. The van der Waals surface area contributed by atoms with Gasteiger partial charge in [0, 0.05) is 19.3 Å². The fourth-order valence-corrected chi connectivity index (χ4v) is 11.0. The molecule has 0 N–H and O–H groups in total. The summed E-state index contributed by atoms with van der Waals surface area (Å²) in [5.41, 5.74) is 0. The van der Waals surface area contributed by atoms with Crippen LogP contribution in [0.5, 0.6) is 0 Å². The molecule has 0 aliphatic heterocycles. The molecular weight excluding hydrogens is 997 g/mol. The first-order valence-electron chi connectivity index (χ1n) is 36.1. The number of ether oxygens (including phenoxy) is 3. The molecule has 0 saturated heterocycles. The third kappa shape index (κ3) is 68.0. The summed E-state index contributed by atoms with van der Waals surface area (Å²) in [6, 6.07) is 0. The molecule has 0 aromatic rings. The lowest BCUT2D eigenvalue weighted by Gasteiger charge is -2.18. The summed E-state index contributed by atoms with van der Waals surface area (Å²) in [6.07, 6.45) is 88.5. The molecule has 6 heteroatoms. The van der Waals surface area contributed by atoms with Crippen LogP contribution < -0.4 is 0 Å². The largest absolute Gasteiger partial charge is 0.462 e. The SMILES string of the molecule is CC/C=C\C/C=C\C/C=C\C/C=C\CCCCCCCCCCC(=O)OC(COC(=O)CCCCCCCCCCCCCCCCCCCCCC)COC(=O)CCCCCCCCCCCCCCCCCCCCCCCC. The van der Waals surface area contributed by atoms with Crippen LogP contribution in [0.4, 0.5) is 0 Å². The standard InChI is InChI=1S/C75H138O6/c1-4-7-10-13-16-19-22-25-28-31-34-37-39-41-44-47-50-53-56-59-62-65-68-74(77)80-71-72(70-79-73(76)67-64-61-58-55-52-49-46-43-40-36-33-30-27-24-21-18-15-12-9-6-3)81-75(78)69-66-63-60-57-54-51-48-45-42-38-35-32-29-26-23-20-17-14-11-8-5-2/h8,11,17,20,26,29,35,38,72H,4-7,9-10,12-16,18-19,21-25,27-28,30-34,36-37,39-71H2,1-3H3/b11-8-,20-17-,29-26-,38-35-. The van der Waals surface area contributed by atoms with E-state index in [1.165, 1.54) is 263 Å². The van der Waals surface area contributed by atoms with E-state index in [0.717, 1.165) is 89.9 Å². The Kier molecular flexibility index (Phi) is 67.6. The highest BCUT2D eigenvalue weighted by Gasteiger charge is 2.19. The highest BCUT2D eigenvalue weighted by Crippen LogP contribution is 2.19. The quantitative estimate of drug-likeness (QED) is 0.0261. The van der Waals surface area contributed by atoms with E-state index in [0.29, 0.717) is 19.3 Å². The molecule has 0 radical (unpaired) electrons. The zero-order chi connectivity index (χ0) is 58.5. The fraction of sp³-hybridized carbons (Fsp3) is 0.853. The van der Waals surface area contributed by atoms with Gasteiger partial charge in [-0.25, -0.2) is 0 Å². The molecule has 1 atom stereocenters. The molecule has 6 nitrogen and oxygen atoms in total. The van der Waals surface area contributed by atoms with Crippen molar-refractivity contribution in [1.82, 2.24) is 0 Å². The summed E-state index contributed by atoms with van der Waals surface area (Å²) in [4.78, 5) is 38.5. The molecule has 0 aromatic heterocycles. The maximum atomic E-state index is 13.0. The van der Waals surface area contributed by atoms with E-state index in [1.54, 1.807) is 0 Å². The van der Waals surface area contributed by atoms with Crippen molar-refractivity contribution in [3.05, 3.63) is 48.6 Å². The zero-order valence-corrected chi connectivity index (χ0v) is 54.6. The van der Waals surface area contributed by atoms with Crippen LogP contribution in [0.3, 0.4) is 0 Å². The summed E-state index contributed by atoms with van der Waals surface area (Å²) in [6.45, 7) is 6.61. The molecule has 0 fully saturated rings. The predicted molar refractivity (Wildman–Crippen MR) is 353 cm³/mol. The number of hydrogen-bond donors (Lipinski definition) is 0. The fourth-order valence-electron chi connectivity index (χ4n) is 11.0. The molecule has 81 heavy (non-hydrogen) atoms. The van der Waals surface area contributed by atoms with Crippen molar-refractivity contribution < 1.29 is 28.6 Å². The number of allylic oxidation sites excluding steroid dienone is 8. The molecule has 474 valence electrons. The van der Waals surface area contributed by atoms with Gasteiger partial charge in [-0.05, 0) is 57.8 Å². The second-order valence-corrected chi connectivity index (χ2v) is 24.5. The number of unbranched alkanes of at least 4 members (excludes halogenated alkanes) is 48. The van der Waals surface area contributed by atoms with Crippen molar-refractivity contribution in [2.24, 2.45) is 0 Å². The maximum Gasteiger partial charge on any atom is 0.306 e. The summed E-state index contributed by atoms with van der Waals surface area (Å²) >= 11 is 0. The van der Waals surface area contributed by atoms with Crippen LogP contribution in [0.15, 0.2) is 48.6 Å². The summed E-state index contributed by atoms with van der Waals surface area (Å²) in [5, 5.41) is 0. The van der Waals surface area contributed by atoms with E-state index < -0.39 is 6.10 Å². The van der Waals surface area contributed by atoms with Crippen LogP contribution in [0, 0.1) is 0 Å². The van der Waals surface area contributed by atoms with E-state index in [4.69, 9.17) is 14.2 Å². The Bertz CT molecular complexity index is 1400. The normalized spacial score (nSPS) is 12.3. The molecule has 0 aromatic carbocycles.